The Balaban J connectivity index is 1.18. The van der Waals surface area contributed by atoms with E-state index in [2.05, 4.69) is 5.32 Å². The van der Waals surface area contributed by atoms with E-state index in [1.165, 1.54) is 38.5 Å². The molecule has 6 rings (SSSR count). The van der Waals surface area contributed by atoms with Crippen LogP contribution in [-0.4, -0.2) is 38.1 Å². The van der Waals surface area contributed by atoms with Crippen molar-refractivity contribution in [3.05, 3.63) is 63.8 Å². The summed E-state index contributed by atoms with van der Waals surface area (Å²) in [6, 6.07) is 8.74. The Labute approximate surface area is 206 Å². The van der Waals surface area contributed by atoms with Gasteiger partial charge in [0.2, 0.25) is 0 Å². The average Bonchev–Trinajstić information content (AvgIpc) is 2.81. The van der Waals surface area contributed by atoms with E-state index in [4.69, 9.17) is 18.6 Å². The van der Waals surface area contributed by atoms with Gasteiger partial charge in [0.15, 0.2) is 35.1 Å². The third-order valence-corrected chi connectivity index (χ3v) is 7.10. The number of methoxy groups -OCH3 is 2. The van der Waals surface area contributed by atoms with Crippen LogP contribution in [0.15, 0.2) is 45.6 Å². The second-order valence-corrected chi connectivity index (χ2v) is 9.84. The van der Waals surface area contributed by atoms with Crippen molar-refractivity contribution in [2.45, 2.75) is 38.1 Å². The van der Waals surface area contributed by atoms with E-state index in [9.17, 15) is 18.8 Å². The van der Waals surface area contributed by atoms with Crippen molar-refractivity contribution in [1.29, 1.82) is 0 Å². The van der Waals surface area contributed by atoms with Crippen LogP contribution in [0.4, 0.5) is 4.39 Å². The van der Waals surface area contributed by atoms with Crippen LogP contribution in [-0.2, 0) is 4.79 Å². The van der Waals surface area contributed by atoms with Crippen molar-refractivity contribution >= 4 is 22.7 Å². The van der Waals surface area contributed by atoms with Crippen molar-refractivity contribution in [2.24, 2.45) is 5.41 Å². The molecule has 188 valence electrons. The highest BCUT2D eigenvalue weighted by Crippen LogP contribution is 2.69. The van der Waals surface area contributed by atoms with Crippen LogP contribution in [0, 0.1) is 18.2 Å². The zero-order valence-electron chi connectivity index (χ0n) is 20.2. The van der Waals surface area contributed by atoms with E-state index in [0.29, 0.717) is 47.5 Å². The number of amides is 1. The Hall–Kier alpha value is -3.88. The summed E-state index contributed by atoms with van der Waals surface area (Å²) in [4.78, 5) is 37.9. The van der Waals surface area contributed by atoms with Gasteiger partial charge in [-0.2, -0.15) is 0 Å². The maximum Gasteiger partial charge on any atom is 0.258 e. The lowest BCUT2D eigenvalue weighted by Crippen LogP contribution is -2.75. The maximum atomic E-state index is 13.6. The molecule has 1 N–H and O–H groups in total. The number of aryl methyl sites for hydroxylation is 1. The van der Waals surface area contributed by atoms with Gasteiger partial charge in [-0.05, 0) is 49.3 Å². The zero-order chi connectivity index (χ0) is 25.7. The first kappa shape index (κ1) is 23.8. The fourth-order valence-corrected chi connectivity index (χ4v) is 5.51. The second kappa shape index (κ2) is 8.65. The quantitative estimate of drug-likeness (QED) is 0.448. The van der Waals surface area contributed by atoms with E-state index in [1.807, 2.05) is 0 Å². The van der Waals surface area contributed by atoms with Gasteiger partial charge in [0.1, 0.15) is 17.1 Å². The summed E-state index contributed by atoms with van der Waals surface area (Å²) in [5.74, 6) is 0.149. The smallest absolute Gasteiger partial charge is 0.258 e. The van der Waals surface area contributed by atoms with Gasteiger partial charge in [-0.15, -0.1) is 0 Å². The number of rotatable bonds is 9. The first-order valence-electron chi connectivity index (χ1n) is 11.6. The molecule has 0 saturated heterocycles. The first-order chi connectivity index (χ1) is 17.1. The van der Waals surface area contributed by atoms with E-state index < -0.39 is 0 Å². The van der Waals surface area contributed by atoms with Gasteiger partial charge in [-0.1, -0.05) is 6.07 Å². The van der Waals surface area contributed by atoms with Gasteiger partial charge in [0.05, 0.1) is 19.6 Å². The molecule has 0 spiro atoms. The summed E-state index contributed by atoms with van der Waals surface area (Å²) in [5.41, 5.74) is -0.138. The number of hydrogen-bond donors (Lipinski definition) is 1. The van der Waals surface area contributed by atoms with E-state index in [0.717, 1.165) is 0 Å². The minimum Gasteiger partial charge on any atom is -0.493 e. The monoisotopic (exact) mass is 495 g/mol. The summed E-state index contributed by atoms with van der Waals surface area (Å²) >= 11 is 0. The Bertz CT molecular complexity index is 1420. The molecular formula is C27H26FNO7. The molecule has 2 bridgehead atoms. The topological polar surface area (TPSA) is 104 Å². The molecule has 0 aliphatic heterocycles. The van der Waals surface area contributed by atoms with Crippen molar-refractivity contribution in [2.75, 3.05) is 20.8 Å². The predicted molar refractivity (Wildman–Crippen MR) is 128 cm³/mol. The molecule has 1 amide bonds. The zero-order valence-corrected chi connectivity index (χ0v) is 20.2. The third-order valence-electron chi connectivity index (χ3n) is 7.10. The molecule has 3 aliphatic carbocycles. The number of Topliss-reactive ketones (excluding diaryl/α,β-unsaturated/α-hetero) is 1. The van der Waals surface area contributed by atoms with Crippen LogP contribution in [0.2, 0.25) is 0 Å². The molecule has 0 unspecified atom stereocenters. The normalized spacial score (nSPS) is 21.8. The molecule has 0 atom stereocenters. The molecular weight excluding hydrogens is 469 g/mol. The number of ether oxygens (including phenoxy) is 3. The van der Waals surface area contributed by atoms with Crippen LogP contribution in [0.25, 0.3) is 11.0 Å². The van der Waals surface area contributed by atoms with E-state index in [-0.39, 0.29) is 58.3 Å². The molecule has 3 fully saturated rings. The Kier molecular flexibility index (Phi) is 5.73. The maximum absolute atomic E-state index is 13.6. The van der Waals surface area contributed by atoms with E-state index in [1.54, 1.807) is 19.1 Å². The molecule has 3 saturated carbocycles. The average molecular weight is 496 g/mol. The van der Waals surface area contributed by atoms with Gasteiger partial charge in [-0.3, -0.25) is 14.4 Å². The summed E-state index contributed by atoms with van der Waals surface area (Å²) in [5, 5.41) is 3.28. The van der Waals surface area contributed by atoms with Crippen molar-refractivity contribution in [3.8, 4) is 17.2 Å². The second-order valence-electron chi connectivity index (χ2n) is 9.84. The van der Waals surface area contributed by atoms with Gasteiger partial charge in [-0.25, -0.2) is 4.39 Å². The number of hydrogen-bond acceptors (Lipinski definition) is 7. The number of ketones is 1. The highest BCUT2D eigenvalue weighted by molar-refractivity contribution is 5.96. The highest BCUT2D eigenvalue weighted by atomic mass is 19.1. The lowest BCUT2D eigenvalue weighted by molar-refractivity contribution is -0.164. The van der Waals surface area contributed by atoms with Gasteiger partial charge < -0.3 is 23.9 Å². The molecule has 3 aromatic rings. The molecule has 9 heteroatoms. The minimum atomic E-state index is -0.389. The molecule has 1 aromatic heterocycles. The Morgan fingerprint density at radius 3 is 2.42 bits per heavy atom. The standard InChI is InChI=1S/C27H26FNO7/c1-15-4-5-16(6-18(15)28)35-11-25(32)29-27-12-26(13-27,14-27)10-20(31)22-8-19(30)17-7-23(33-2)24(34-3)9-21(17)36-22/h4-9H,10-14H2,1-3H3,(H,29,32). The lowest BCUT2D eigenvalue weighted by Gasteiger charge is -2.70. The van der Waals surface area contributed by atoms with Crippen molar-refractivity contribution < 1.29 is 32.6 Å². The number of carbonyl (C=O) groups is 2. The number of carbonyl (C=O) groups excluding carboxylic acids is 2. The molecule has 0 radical (unpaired) electrons. The van der Waals surface area contributed by atoms with Crippen LogP contribution >= 0.6 is 0 Å². The van der Waals surface area contributed by atoms with Crippen molar-refractivity contribution in [1.82, 2.24) is 5.32 Å². The van der Waals surface area contributed by atoms with Crippen LogP contribution < -0.4 is 25.0 Å². The van der Waals surface area contributed by atoms with Crippen LogP contribution in [0.1, 0.15) is 41.8 Å². The minimum absolute atomic E-state index is 0.00117. The number of fused-ring (bicyclic) bond motifs is 1. The van der Waals surface area contributed by atoms with Gasteiger partial charge >= 0.3 is 0 Å². The summed E-state index contributed by atoms with van der Waals surface area (Å²) < 4.78 is 35.3. The molecule has 36 heavy (non-hydrogen) atoms. The molecule has 8 nitrogen and oxygen atoms in total. The summed E-state index contributed by atoms with van der Waals surface area (Å²) in [7, 11) is 2.95. The van der Waals surface area contributed by atoms with Crippen LogP contribution in [0.3, 0.4) is 0 Å². The molecule has 2 aromatic carbocycles. The predicted octanol–water partition coefficient (Wildman–Crippen LogP) is 3.95. The van der Waals surface area contributed by atoms with Crippen molar-refractivity contribution in [3.63, 3.8) is 0 Å². The highest BCUT2D eigenvalue weighted by Gasteiger charge is 2.68. The fourth-order valence-electron chi connectivity index (χ4n) is 5.51. The van der Waals surface area contributed by atoms with E-state index >= 15 is 0 Å². The van der Waals surface area contributed by atoms with Gasteiger partial charge in [0.25, 0.3) is 5.91 Å². The lowest BCUT2D eigenvalue weighted by atomic mass is 9.38. The molecule has 3 aliphatic rings. The summed E-state index contributed by atoms with van der Waals surface area (Å²) in [6.45, 7) is 1.43. The molecule has 1 heterocycles. The fraction of sp³-hybridized carbons (Fsp3) is 0.370. The Morgan fingerprint density at radius 1 is 1.06 bits per heavy atom. The third kappa shape index (κ3) is 4.19. The number of halogens is 1. The summed E-state index contributed by atoms with van der Waals surface area (Å²) in [6.07, 6.45) is 2.23. The van der Waals surface area contributed by atoms with Gasteiger partial charge in [0, 0.05) is 30.2 Å². The number of benzene rings is 2. The van der Waals surface area contributed by atoms with Crippen LogP contribution in [0.5, 0.6) is 17.2 Å². The SMILES string of the molecule is COc1cc2oc(C(=O)CC34CC(NC(=O)COc5ccc(C)c(F)c5)(C3)C4)cc(=O)c2cc1OC. The number of nitrogens with one attached hydrogen (secondary N) is 1. The largest absolute Gasteiger partial charge is 0.493 e. The first-order valence-corrected chi connectivity index (χ1v) is 11.6. The Morgan fingerprint density at radius 2 is 1.75 bits per heavy atom.